The monoisotopic (exact) mass is 316 g/mol. The fourth-order valence-electron chi connectivity index (χ4n) is 4.05. The second-order valence-corrected chi connectivity index (χ2v) is 6.72. The third-order valence-electron chi connectivity index (χ3n) is 5.17. The van der Waals surface area contributed by atoms with E-state index in [4.69, 9.17) is 10.00 Å². The van der Waals surface area contributed by atoms with Crippen LogP contribution < -0.4 is 4.74 Å². The maximum absolute atomic E-state index is 9.09. The van der Waals surface area contributed by atoms with Crippen molar-refractivity contribution in [1.29, 1.82) is 5.26 Å². The van der Waals surface area contributed by atoms with Gasteiger partial charge in [-0.25, -0.2) is 0 Å². The SMILES string of the molecule is Cc1ccc2c(c1)C(=NC#N)CC(C1CCCc3ccccc31)O2. The van der Waals surface area contributed by atoms with Crippen LogP contribution in [0.25, 0.3) is 0 Å². The van der Waals surface area contributed by atoms with Gasteiger partial charge in [-0.2, -0.15) is 10.3 Å². The van der Waals surface area contributed by atoms with Gasteiger partial charge in [-0.05, 0) is 49.4 Å². The van der Waals surface area contributed by atoms with Gasteiger partial charge in [0.1, 0.15) is 11.9 Å². The maximum Gasteiger partial charge on any atom is 0.205 e. The van der Waals surface area contributed by atoms with Gasteiger partial charge in [0.2, 0.25) is 6.19 Å². The second kappa shape index (κ2) is 6.13. The molecule has 120 valence electrons. The molecule has 2 aromatic carbocycles. The number of hydrogen-bond donors (Lipinski definition) is 0. The summed E-state index contributed by atoms with van der Waals surface area (Å²) in [7, 11) is 0. The fourth-order valence-corrected chi connectivity index (χ4v) is 4.05. The van der Waals surface area contributed by atoms with Gasteiger partial charge in [0.15, 0.2) is 0 Å². The van der Waals surface area contributed by atoms with Crippen LogP contribution in [-0.4, -0.2) is 11.8 Å². The van der Waals surface area contributed by atoms with Crippen molar-refractivity contribution in [3.05, 3.63) is 64.7 Å². The fraction of sp³-hybridized carbons (Fsp3) is 0.333. The second-order valence-electron chi connectivity index (χ2n) is 6.72. The van der Waals surface area contributed by atoms with E-state index in [1.54, 1.807) is 0 Å². The van der Waals surface area contributed by atoms with E-state index in [-0.39, 0.29) is 6.10 Å². The molecule has 0 amide bonds. The molecule has 0 fully saturated rings. The quantitative estimate of drug-likeness (QED) is 0.725. The highest BCUT2D eigenvalue weighted by atomic mass is 16.5. The van der Waals surface area contributed by atoms with Gasteiger partial charge in [-0.3, -0.25) is 0 Å². The predicted molar refractivity (Wildman–Crippen MR) is 94.5 cm³/mol. The number of rotatable bonds is 1. The predicted octanol–water partition coefficient (Wildman–Crippen LogP) is 4.54. The van der Waals surface area contributed by atoms with Crippen LogP contribution in [0.2, 0.25) is 0 Å². The van der Waals surface area contributed by atoms with E-state index >= 15 is 0 Å². The Labute approximate surface area is 142 Å². The molecular formula is C21H20N2O. The lowest BCUT2D eigenvalue weighted by molar-refractivity contribution is 0.160. The summed E-state index contributed by atoms with van der Waals surface area (Å²) in [5, 5.41) is 9.09. The molecule has 0 bridgehead atoms. The molecule has 3 nitrogen and oxygen atoms in total. The van der Waals surface area contributed by atoms with E-state index in [1.807, 2.05) is 19.2 Å². The molecular weight excluding hydrogens is 296 g/mol. The highest BCUT2D eigenvalue weighted by molar-refractivity contribution is 6.04. The molecule has 4 rings (SSSR count). The van der Waals surface area contributed by atoms with Crippen LogP contribution in [0, 0.1) is 18.4 Å². The van der Waals surface area contributed by atoms with E-state index in [1.165, 1.54) is 17.5 Å². The van der Waals surface area contributed by atoms with Crippen molar-refractivity contribution in [2.45, 2.75) is 44.6 Å². The zero-order valence-electron chi connectivity index (χ0n) is 13.8. The lowest BCUT2D eigenvalue weighted by atomic mass is 9.77. The summed E-state index contributed by atoms with van der Waals surface area (Å²) in [6, 6.07) is 14.8. The smallest absolute Gasteiger partial charge is 0.205 e. The lowest BCUT2D eigenvalue weighted by Gasteiger charge is -2.36. The molecule has 0 N–H and O–H groups in total. The molecule has 24 heavy (non-hydrogen) atoms. The average molecular weight is 316 g/mol. The highest BCUT2D eigenvalue weighted by Crippen LogP contribution is 2.40. The van der Waals surface area contributed by atoms with Gasteiger partial charge in [-0.15, -0.1) is 0 Å². The van der Waals surface area contributed by atoms with Gasteiger partial charge >= 0.3 is 0 Å². The Hall–Kier alpha value is -2.60. The van der Waals surface area contributed by atoms with E-state index in [0.717, 1.165) is 35.4 Å². The van der Waals surface area contributed by atoms with Crippen molar-refractivity contribution in [3.63, 3.8) is 0 Å². The maximum atomic E-state index is 9.09. The summed E-state index contributed by atoms with van der Waals surface area (Å²) < 4.78 is 6.37. The Morgan fingerprint density at radius 3 is 2.96 bits per heavy atom. The molecule has 2 aliphatic rings. The Morgan fingerprint density at radius 1 is 1.21 bits per heavy atom. The zero-order valence-corrected chi connectivity index (χ0v) is 13.8. The molecule has 0 spiro atoms. The Morgan fingerprint density at radius 2 is 2.08 bits per heavy atom. The molecule has 2 unspecified atom stereocenters. The van der Waals surface area contributed by atoms with Crippen molar-refractivity contribution in [2.24, 2.45) is 4.99 Å². The Balaban J connectivity index is 1.73. The normalized spacial score (nSPS) is 23.8. The van der Waals surface area contributed by atoms with Crippen molar-refractivity contribution in [1.82, 2.24) is 0 Å². The molecule has 3 heteroatoms. The number of aryl methyl sites for hydroxylation is 2. The van der Waals surface area contributed by atoms with Crippen LogP contribution in [0.5, 0.6) is 5.75 Å². The minimum atomic E-state index is 0.0498. The van der Waals surface area contributed by atoms with Gasteiger partial charge < -0.3 is 4.74 Å². The third kappa shape index (κ3) is 2.59. The average Bonchev–Trinajstić information content (AvgIpc) is 2.62. The molecule has 0 aromatic heterocycles. The Bertz CT molecular complexity index is 847. The first kappa shape index (κ1) is 15.0. The molecule has 0 saturated carbocycles. The van der Waals surface area contributed by atoms with Crippen LogP contribution in [0.1, 0.15) is 47.4 Å². The van der Waals surface area contributed by atoms with Crippen LogP contribution in [0.15, 0.2) is 47.5 Å². The van der Waals surface area contributed by atoms with Crippen molar-refractivity contribution in [3.8, 4) is 11.9 Å². The lowest BCUT2D eigenvalue weighted by Crippen LogP contribution is -2.34. The standard InChI is InChI=1S/C21H20N2O/c1-14-9-10-20-18(11-14)19(23-13-22)12-21(24-20)17-8-4-6-15-5-2-3-7-16(15)17/h2-3,5,7,9-11,17,21H,4,6,8,12H2,1H3. The minimum Gasteiger partial charge on any atom is -0.489 e. The van der Waals surface area contributed by atoms with E-state index in [9.17, 15) is 0 Å². The van der Waals surface area contributed by atoms with E-state index < -0.39 is 0 Å². The number of ether oxygens (including phenoxy) is 1. The molecule has 1 aliphatic heterocycles. The van der Waals surface area contributed by atoms with Crippen molar-refractivity contribution < 1.29 is 4.74 Å². The molecule has 2 aromatic rings. The molecule has 1 heterocycles. The first-order valence-corrected chi connectivity index (χ1v) is 8.57. The van der Waals surface area contributed by atoms with Crippen LogP contribution >= 0.6 is 0 Å². The van der Waals surface area contributed by atoms with Gasteiger partial charge in [0, 0.05) is 17.9 Å². The largest absolute Gasteiger partial charge is 0.489 e. The summed E-state index contributed by atoms with van der Waals surface area (Å²) in [5.41, 5.74) is 5.82. The summed E-state index contributed by atoms with van der Waals surface area (Å²) in [5.74, 6) is 1.22. The van der Waals surface area contributed by atoms with E-state index in [0.29, 0.717) is 12.3 Å². The zero-order chi connectivity index (χ0) is 16.5. The van der Waals surface area contributed by atoms with Crippen LogP contribution in [-0.2, 0) is 6.42 Å². The van der Waals surface area contributed by atoms with Crippen molar-refractivity contribution in [2.75, 3.05) is 0 Å². The summed E-state index contributed by atoms with van der Waals surface area (Å²) >= 11 is 0. The topological polar surface area (TPSA) is 45.4 Å². The first-order valence-electron chi connectivity index (χ1n) is 8.57. The number of aliphatic imine (C=N–C) groups is 1. The van der Waals surface area contributed by atoms with Crippen LogP contribution in [0.3, 0.4) is 0 Å². The number of nitriles is 1. The highest BCUT2D eigenvalue weighted by Gasteiger charge is 2.34. The molecule has 0 radical (unpaired) electrons. The molecule has 0 saturated heterocycles. The van der Waals surface area contributed by atoms with Crippen molar-refractivity contribution >= 4 is 5.71 Å². The molecule has 1 aliphatic carbocycles. The Kier molecular flexibility index (Phi) is 3.82. The number of benzene rings is 2. The van der Waals surface area contributed by atoms with Gasteiger partial charge in [0.05, 0.1) is 5.71 Å². The summed E-state index contributed by atoms with van der Waals surface area (Å²) in [4.78, 5) is 4.11. The molecule has 2 atom stereocenters. The summed E-state index contributed by atoms with van der Waals surface area (Å²) in [6.07, 6.45) is 6.18. The third-order valence-corrected chi connectivity index (χ3v) is 5.17. The first-order chi connectivity index (χ1) is 11.8. The number of fused-ring (bicyclic) bond motifs is 2. The minimum absolute atomic E-state index is 0.0498. The van der Waals surface area contributed by atoms with Gasteiger partial charge in [0.25, 0.3) is 0 Å². The van der Waals surface area contributed by atoms with E-state index in [2.05, 4.69) is 41.4 Å². The van der Waals surface area contributed by atoms with Crippen LogP contribution in [0.4, 0.5) is 0 Å². The number of nitrogens with zero attached hydrogens (tertiary/aromatic N) is 2. The summed E-state index contributed by atoms with van der Waals surface area (Å²) in [6.45, 7) is 2.05. The number of hydrogen-bond acceptors (Lipinski definition) is 3. The van der Waals surface area contributed by atoms with Gasteiger partial charge in [-0.1, -0.05) is 35.9 Å².